The summed E-state index contributed by atoms with van der Waals surface area (Å²) in [5.74, 6) is 0. The maximum absolute atomic E-state index is 11.7. The van der Waals surface area contributed by atoms with E-state index in [9.17, 15) is 20.0 Å². The molecule has 2 rings (SSSR count). The van der Waals surface area contributed by atoms with Crippen molar-refractivity contribution < 1.29 is 14.8 Å². The second-order valence-electron chi connectivity index (χ2n) is 5.30. The first kappa shape index (κ1) is 16.2. The molecule has 1 atom stereocenters. The Kier molecular flexibility index (Phi) is 5.68. The predicted molar refractivity (Wildman–Crippen MR) is 81.8 cm³/mol. The Morgan fingerprint density at radius 2 is 1.95 bits per heavy atom. The Morgan fingerprint density at radius 3 is 2.55 bits per heavy atom. The molecule has 1 aromatic carbocycles. The number of aliphatic hydroxyl groups is 1. The number of nitro groups is 1. The van der Waals surface area contributed by atoms with E-state index in [0.717, 1.165) is 25.9 Å². The average Bonchev–Trinajstić information content (AvgIpc) is 2.98. The van der Waals surface area contributed by atoms with Crippen molar-refractivity contribution in [1.82, 2.24) is 10.2 Å². The van der Waals surface area contributed by atoms with Gasteiger partial charge in [-0.3, -0.25) is 10.1 Å². The second kappa shape index (κ2) is 7.71. The smallest absolute Gasteiger partial charge is 0.319 e. The van der Waals surface area contributed by atoms with Gasteiger partial charge < -0.3 is 20.6 Å². The van der Waals surface area contributed by atoms with E-state index in [0.29, 0.717) is 12.2 Å². The van der Waals surface area contributed by atoms with E-state index in [-0.39, 0.29) is 12.2 Å². The minimum Gasteiger partial charge on any atom is -0.390 e. The van der Waals surface area contributed by atoms with Crippen LogP contribution < -0.4 is 10.6 Å². The van der Waals surface area contributed by atoms with Gasteiger partial charge in [0, 0.05) is 30.9 Å². The first-order chi connectivity index (χ1) is 10.5. The van der Waals surface area contributed by atoms with Crippen molar-refractivity contribution in [2.24, 2.45) is 0 Å². The molecule has 0 radical (unpaired) electrons. The summed E-state index contributed by atoms with van der Waals surface area (Å²) in [6.45, 7) is 2.70. The molecule has 8 nitrogen and oxygen atoms in total. The van der Waals surface area contributed by atoms with Crippen LogP contribution in [-0.2, 0) is 0 Å². The summed E-state index contributed by atoms with van der Waals surface area (Å²) in [4.78, 5) is 23.9. The standard InChI is InChI=1S/C14H20N4O4/c19-13(10-17-7-1-2-8-17)9-15-14(20)16-11-3-5-12(6-4-11)18(21)22/h3-6,13,19H,1-2,7-10H2,(H2,15,16,20)/t13-/m0/s1. The number of nitro benzene ring substituents is 1. The van der Waals surface area contributed by atoms with Gasteiger partial charge >= 0.3 is 6.03 Å². The number of nitrogens with zero attached hydrogens (tertiary/aromatic N) is 2. The van der Waals surface area contributed by atoms with Crippen LogP contribution in [0.4, 0.5) is 16.2 Å². The van der Waals surface area contributed by atoms with Gasteiger partial charge in [0.1, 0.15) is 0 Å². The highest BCUT2D eigenvalue weighted by Crippen LogP contribution is 2.15. The van der Waals surface area contributed by atoms with Gasteiger partial charge in [-0.25, -0.2) is 4.79 Å². The molecule has 0 aliphatic carbocycles. The zero-order valence-electron chi connectivity index (χ0n) is 12.2. The fourth-order valence-corrected chi connectivity index (χ4v) is 2.38. The average molecular weight is 308 g/mol. The van der Waals surface area contributed by atoms with E-state index >= 15 is 0 Å². The molecule has 0 saturated carbocycles. The number of non-ortho nitro benzene ring substituents is 1. The number of likely N-dealkylation sites (tertiary alicyclic amines) is 1. The van der Waals surface area contributed by atoms with Gasteiger partial charge in [0.2, 0.25) is 0 Å². The first-order valence-electron chi connectivity index (χ1n) is 7.24. The molecule has 3 N–H and O–H groups in total. The fourth-order valence-electron chi connectivity index (χ4n) is 2.38. The van der Waals surface area contributed by atoms with E-state index in [1.807, 2.05) is 0 Å². The van der Waals surface area contributed by atoms with Gasteiger partial charge in [-0.1, -0.05) is 0 Å². The van der Waals surface area contributed by atoms with Crippen LogP contribution in [0, 0.1) is 10.1 Å². The highest BCUT2D eigenvalue weighted by molar-refractivity contribution is 5.89. The first-order valence-corrected chi connectivity index (χ1v) is 7.24. The molecule has 1 aliphatic heterocycles. The number of rotatable bonds is 6. The summed E-state index contributed by atoms with van der Waals surface area (Å²) in [5, 5.41) is 25.5. The van der Waals surface area contributed by atoms with Gasteiger partial charge in [0.25, 0.3) is 5.69 Å². The number of carbonyl (C=O) groups excluding carboxylic acids is 1. The van der Waals surface area contributed by atoms with Crippen molar-refractivity contribution in [3.63, 3.8) is 0 Å². The number of nitrogens with one attached hydrogen (secondary N) is 2. The minimum atomic E-state index is -0.610. The van der Waals surface area contributed by atoms with E-state index in [1.165, 1.54) is 24.3 Å². The molecule has 1 fully saturated rings. The SMILES string of the molecule is O=C(NC[C@H](O)CN1CCCC1)Nc1ccc([N+](=O)[O-])cc1. The quantitative estimate of drug-likeness (QED) is 0.540. The number of hydrogen-bond donors (Lipinski definition) is 3. The Morgan fingerprint density at radius 1 is 1.32 bits per heavy atom. The molecule has 2 amide bonds. The molecule has 1 aliphatic rings. The molecule has 22 heavy (non-hydrogen) atoms. The van der Waals surface area contributed by atoms with Gasteiger partial charge in [-0.2, -0.15) is 0 Å². The lowest BCUT2D eigenvalue weighted by atomic mass is 10.3. The zero-order valence-corrected chi connectivity index (χ0v) is 12.2. The van der Waals surface area contributed by atoms with Crippen LogP contribution in [0.15, 0.2) is 24.3 Å². The third-order valence-corrected chi connectivity index (χ3v) is 3.50. The number of urea groups is 1. The van der Waals surface area contributed by atoms with Crippen LogP contribution in [0.2, 0.25) is 0 Å². The molecule has 0 bridgehead atoms. The third-order valence-electron chi connectivity index (χ3n) is 3.50. The highest BCUT2D eigenvalue weighted by atomic mass is 16.6. The summed E-state index contributed by atoms with van der Waals surface area (Å²) in [7, 11) is 0. The number of carbonyl (C=O) groups is 1. The summed E-state index contributed by atoms with van der Waals surface area (Å²) < 4.78 is 0. The van der Waals surface area contributed by atoms with Crippen LogP contribution in [0.1, 0.15) is 12.8 Å². The lowest BCUT2D eigenvalue weighted by molar-refractivity contribution is -0.384. The Balaban J connectivity index is 1.71. The highest BCUT2D eigenvalue weighted by Gasteiger charge is 2.16. The minimum absolute atomic E-state index is 0.0352. The molecule has 1 aromatic rings. The van der Waals surface area contributed by atoms with Gasteiger partial charge in [-0.15, -0.1) is 0 Å². The van der Waals surface area contributed by atoms with Gasteiger partial charge in [0.05, 0.1) is 11.0 Å². The number of anilines is 1. The maximum atomic E-state index is 11.7. The van der Waals surface area contributed by atoms with Crippen LogP contribution in [0.3, 0.4) is 0 Å². The summed E-state index contributed by atoms with van der Waals surface area (Å²) in [6.07, 6.45) is 1.70. The van der Waals surface area contributed by atoms with Crippen molar-refractivity contribution in [2.45, 2.75) is 18.9 Å². The molecule has 0 unspecified atom stereocenters. The lowest BCUT2D eigenvalue weighted by Crippen LogP contribution is -2.40. The summed E-state index contributed by atoms with van der Waals surface area (Å²) in [6, 6.07) is 5.10. The number of benzene rings is 1. The Bertz CT molecular complexity index is 514. The summed E-state index contributed by atoms with van der Waals surface area (Å²) in [5.41, 5.74) is 0.420. The monoisotopic (exact) mass is 308 g/mol. The molecular formula is C14H20N4O4. The van der Waals surface area contributed by atoms with Gasteiger partial charge in [0.15, 0.2) is 0 Å². The fraction of sp³-hybridized carbons (Fsp3) is 0.500. The lowest BCUT2D eigenvalue weighted by Gasteiger charge is -2.19. The largest absolute Gasteiger partial charge is 0.390 e. The van der Waals surface area contributed by atoms with Crippen molar-refractivity contribution >= 4 is 17.4 Å². The zero-order chi connectivity index (χ0) is 15.9. The maximum Gasteiger partial charge on any atom is 0.319 e. The second-order valence-corrected chi connectivity index (χ2v) is 5.30. The number of aliphatic hydroxyl groups excluding tert-OH is 1. The Labute approximate surface area is 128 Å². The third kappa shape index (κ3) is 4.97. The van der Waals surface area contributed by atoms with E-state index in [1.54, 1.807) is 0 Å². The molecule has 0 aromatic heterocycles. The van der Waals surface area contributed by atoms with Crippen molar-refractivity contribution in [2.75, 3.05) is 31.5 Å². The van der Waals surface area contributed by atoms with Crippen LogP contribution in [-0.4, -0.2) is 53.2 Å². The number of hydrogen-bond acceptors (Lipinski definition) is 5. The normalized spacial score (nSPS) is 16.2. The number of β-amino-alcohol motifs (C(OH)–C–C–N with tert-alkyl or cyclic N) is 1. The van der Waals surface area contributed by atoms with Crippen molar-refractivity contribution in [3.05, 3.63) is 34.4 Å². The van der Waals surface area contributed by atoms with Crippen LogP contribution >= 0.6 is 0 Å². The van der Waals surface area contributed by atoms with E-state index in [2.05, 4.69) is 15.5 Å². The van der Waals surface area contributed by atoms with Crippen LogP contribution in [0.25, 0.3) is 0 Å². The molecule has 1 saturated heterocycles. The summed E-state index contributed by atoms with van der Waals surface area (Å²) >= 11 is 0. The molecule has 120 valence electrons. The molecular weight excluding hydrogens is 288 g/mol. The molecule has 8 heteroatoms. The number of amides is 2. The molecule has 0 spiro atoms. The molecule has 1 heterocycles. The van der Waals surface area contributed by atoms with Crippen molar-refractivity contribution in [3.8, 4) is 0 Å². The van der Waals surface area contributed by atoms with Crippen molar-refractivity contribution in [1.29, 1.82) is 0 Å². The Hall–Kier alpha value is -2.19. The van der Waals surface area contributed by atoms with Crippen LogP contribution in [0.5, 0.6) is 0 Å². The van der Waals surface area contributed by atoms with E-state index < -0.39 is 17.1 Å². The topological polar surface area (TPSA) is 108 Å². The van der Waals surface area contributed by atoms with Gasteiger partial charge in [-0.05, 0) is 38.1 Å². The van der Waals surface area contributed by atoms with E-state index in [4.69, 9.17) is 0 Å². The predicted octanol–water partition coefficient (Wildman–Crippen LogP) is 1.17.